The van der Waals surface area contributed by atoms with Crippen LogP contribution in [-0.2, 0) is 10.0 Å². The summed E-state index contributed by atoms with van der Waals surface area (Å²) in [6, 6.07) is 8.54. The lowest BCUT2D eigenvalue weighted by Crippen LogP contribution is -2.37. The van der Waals surface area contributed by atoms with Gasteiger partial charge in [0.15, 0.2) is 0 Å². The Morgan fingerprint density at radius 3 is 2.54 bits per heavy atom. The summed E-state index contributed by atoms with van der Waals surface area (Å²) < 4.78 is 28.7. The van der Waals surface area contributed by atoms with Crippen molar-refractivity contribution in [3.63, 3.8) is 0 Å². The molecule has 0 radical (unpaired) electrons. The van der Waals surface area contributed by atoms with Crippen LogP contribution in [0, 0.1) is 5.92 Å². The van der Waals surface area contributed by atoms with E-state index in [4.69, 9.17) is 11.6 Å². The second kappa shape index (κ2) is 7.21. The minimum Gasteiger partial charge on any atom is -0.264 e. The number of hydrogen-bond acceptors (Lipinski definition) is 3. The molecule has 0 unspecified atom stereocenters. The van der Waals surface area contributed by atoms with Crippen LogP contribution in [-0.4, -0.2) is 19.4 Å². The van der Waals surface area contributed by atoms with Gasteiger partial charge in [0.25, 0.3) is 0 Å². The normalized spacial score (nSPS) is 21.6. The van der Waals surface area contributed by atoms with Crippen molar-refractivity contribution in [2.24, 2.45) is 5.92 Å². The molecule has 1 fully saturated rings. The number of rotatable bonds is 4. The third-order valence-corrected chi connectivity index (χ3v) is 6.43. The topological polar surface area (TPSA) is 59.1 Å². The average Bonchev–Trinajstić information content (AvgIpc) is 2.57. The Morgan fingerprint density at radius 1 is 1.12 bits per heavy atom. The van der Waals surface area contributed by atoms with Crippen LogP contribution in [0.4, 0.5) is 0 Å². The van der Waals surface area contributed by atoms with E-state index in [9.17, 15) is 8.42 Å². The summed E-state index contributed by atoms with van der Waals surface area (Å²) in [6.45, 7) is 2.21. The van der Waals surface area contributed by atoms with Crippen molar-refractivity contribution >= 4 is 21.6 Å². The van der Waals surface area contributed by atoms with Gasteiger partial charge in [-0.3, -0.25) is 4.98 Å². The first kappa shape index (κ1) is 17.4. The molecule has 1 heterocycles. The summed E-state index contributed by atoms with van der Waals surface area (Å²) in [5.74, 6) is 0.669. The maximum atomic E-state index is 12.9. The van der Waals surface area contributed by atoms with E-state index in [2.05, 4.69) is 16.6 Å². The number of nitrogens with one attached hydrogen (secondary N) is 1. The van der Waals surface area contributed by atoms with Gasteiger partial charge in [0.2, 0.25) is 10.0 Å². The van der Waals surface area contributed by atoms with Gasteiger partial charge in [-0.05, 0) is 49.8 Å². The van der Waals surface area contributed by atoms with E-state index >= 15 is 0 Å². The molecule has 3 rings (SSSR count). The zero-order valence-corrected chi connectivity index (χ0v) is 15.1. The second-order valence-electron chi connectivity index (χ2n) is 6.43. The van der Waals surface area contributed by atoms with Crippen LogP contribution in [0.15, 0.2) is 47.6 Å². The number of nitrogens with zero attached hydrogens (tertiary/aromatic N) is 1. The molecular weight excluding hydrogens is 344 g/mol. The Labute approximate surface area is 148 Å². The van der Waals surface area contributed by atoms with Crippen LogP contribution >= 0.6 is 11.6 Å². The summed E-state index contributed by atoms with van der Waals surface area (Å²) in [7, 11) is -3.64. The smallest absolute Gasteiger partial charge is 0.241 e. The van der Waals surface area contributed by atoms with E-state index in [1.165, 1.54) is 0 Å². The monoisotopic (exact) mass is 364 g/mol. The highest BCUT2D eigenvalue weighted by molar-refractivity contribution is 7.89. The first-order valence-corrected chi connectivity index (χ1v) is 10.0. The van der Waals surface area contributed by atoms with Crippen LogP contribution in [0.1, 0.15) is 32.6 Å². The summed E-state index contributed by atoms with van der Waals surface area (Å²) in [4.78, 5) is 4.29. The molecule has 2 aromatic rings. The molecular formula is C18H21ClN2O2S. The van der Waals surface area contributed by atoms with Gasteiger partial charge in [-0.25, -0.2) is 13.1 Å². The number of aromatic nitrogens is 1. The molecule has 6 heteroatoms. The largest absolute Gasteiger partial charge is 0.264 e. The fourth-order valence-electron chi connectivity index (χ4n) is 3.18. The summed E-state index contributed by atoms with van der Waals surface area (Å²) in [5.41, 5.74) is 1.20. The first-order chi connectivity index (χ1) is 11.5. The minimum atomic E-state index is -3.64. The maximum absolute atomic E-state index is 12.9. The van der Waals surface area contributed by atoms with Crippen molar-refractivity contribution in [3.05, 3.63) is 47.7 Å². The summed E-state index contributed by atoms with van der Waals surface area (Å²) in [5, 5.41) is 0.406. The van der Waals surface area contributed by atoms with E-state index in [-0.39, 0.29) is 10.9 Å². The fraction of sp³-hybridized carbons (Fsp3) is 0.389. The SMILES string of the molecule is CC1CCC(NS(=O)(=O)c2cccc(Cl)c2-c2cccnc2)CC1. The van der Waals surface area contributed by atoms with Gasteiger partial charge in [-0.1, -0.05) is 30.7 Å². The van der Waals surface area contributed by atoms with E-state index in [1.807, 2.05) is 6.07 Å². The standard InChI is InChI=1S/C18H21ClN2O2S/c1-13-7-9-15(10-8-13)21-24(22,23)17-6-2-5-16(19)18(17)14-4-3-11-20-12-14/h2-6,11-13,15,21H,7-10H2,1H3. The molecule has 4 nitrogen and oxygen atoms in total. The van der Waals surface area contributed by atoms with Crippen molar-refractivity contribution in [1.29, 1.82) is 0 Å². The van der Waals surface area contributed by atoms with Crippen LogP contribution in [0.5, 0.6) is 0 Å². The van der Waals surface area contributed by atoms with Crippen molar-refractivity contribution in [3.8, 4) is 11.1 Å². The number of hydrogen-bond donors (Lipinski definition) is 1. The number of halogens is 1. The molecule has 1 saturated carbocycles. The van der Waals surface area contributed by atoms with Gasteiger partial charge >= 0.3 is 0 Å². The van der Waals surface area contributed by atoms with Crippen molar-refractivity contribution in [1.82, 2.24) is 9.71 Å². The predicted octanol–water partition coefficient (Wildman–Crippen LogP) is 4.26. The molecule has 0 amide bonds. The molecule has 128 valence electrons. The van der Waals surface area contributed by atoms with Crippen LogP contribution in [0.25, 0.3) is 11.1 Å². The van der Waals surface area contributed by atoms with Crippen LogP contribution in [0.2, 0.25) is 5.02 Å². The van der Waals surface area contributed by atoms with Gasteiger partial charge in [0, 0.05) is 34.6 Å². The van der Waals surface area contributed by atoms with Crippen molar-refractivity contribution in [2.45, 2.75) is 43.5 Å². The van der Waals surface area contributed by atoms with Crippen molar-refractivity contribution in [2.75, 3.05) is 0 Å². The Kier molecular flexibility index (Phi) is 5.23. The number of pyridine rings is 1. The molecule has 1 aliphatic carbocycles. The molecule has 1 aromatic carbocycles. The van der Waals surface area contributed by atoms with E-state index in [0.29, 0.717) is 22.1 Å². The quantitative estimate of drug-likeness (QED) is 0.881. The van der Waals surface area contributed by atoms with Crippen molar-refractivity contribution < 1.29 is 8.42 Å². The Balaban J connectivity index is 1.95. The first-order valence-electron chi connectivity index (χ1n) is 8.18. The zero-order valence-electron chi connectivity index (χ0n) is 13.6. The van der Waals surface area contributed by atoms with E-state index < -0.39 is 10.0 Å². The molecule has 1 aliphatic rings. The molecule has 0 aliphatic heterocycles. The minimum absolute atomic E-state index is 0.00747. The maximum Gasteiger partial charge on any atom is 0.241 e. The number of sulfonamides is 1. The molecule has 0 saturated heterocycles. The van der Waals surface area contributed by atoms with Crippen LogP contribution in [0.3, 0.4) is 0 Å². The molecule has 1 aromatic heterocycles. The molecule has 0 spiro atoms. The Bertz CT molecular complexity index is 801. The molecule has 0 bridgehead atoms. The highest BCUT2D eigenvalue weighted by Gasteiger charge is 2.27. The Morgan fingerprint density at radius 2 is 1.88 bits per heavy atom. The molecule has 1 N–H and O–H groups in total. The second-order valence-corrected chi connectivity index (χ2v) is 8.52. The van der Waals surface area contributed by atoms with E-state index in [1.54, 1.807) is 36.7 Å². The van der Waals surface area contributed by atoms with E-state index in [0.717, 1.165) is 25.7 Å². The zero-order chi connectivity index (χ0) is 17.2. The highest BCUT2D eigenvalue weighted by Crippen LogP contribution is 2.34. The number of benzene rings is 1. The predicted molar refractivity (Wildman–Crippen MR) is 96.4 cm³/mol. The average molecular weight is 365 g/mol. The lowest BCUT2D eigenvalue weighted by Gasteiger charge is -2.27. The van der Waals surface area contributed by atoms with Gasteiger partial charge in [0.1, 0.15) is 0 Å². The Hall–Kier alpha value is -1.43. The van der Waals surface area contributed by atoms with Gasteiger partial charge in [-0.2, -0.15) is 0 Å². The summed E-state index contributed by atoms with van der Waals surface area (Å²) >= 11 is 6.31. The highest BCUT2D eigenvalue weighted by atomic mass is 35.5. The van der Waals surface area contributed by atoms with Crippen LogP contribution < -0.4 is 4.72 Å². The molecule has 24 heavy (non-hydrogen) atoms. The fourth-order valence-corrected chi connectivity index (χ4v) is 5.08. The van der Waals surface area contributed by atoms with Gasteiger partial charge in [0.05, 0.1) is 4.90 Å². The third-order valence-electron chi connectivity index (χ3n) is 4.55. The lowest BCUT2D eigenvalue weighted by molar-refractivity contribution is 0.332. The molecule has 0 atom stereocenters. The summed E-state index contributed by atoms with van der Waals surface area (Å²) in [6.07, 6.45) is 7.14. The third kappa shape index (κ3) is 3.79. The van der Waals surface area contributed by atoms with Gasteiger partial charge in [-0.15, -0.1) is 0 Å². The van der Waals surface area contributed by atoms with Gasteiger partial charge < -0.3 is 0 Å². The lowest BCUT2D eigenvalue weighted by atomic mass is 9.88.